The van der Waals surface area contributed by atoms with Crippen molar-refractivity contribution in [2.75, 3.05) is 45.2 Å². The van der Waals surface area contributed by atoms with Crippen molar-refractivity contribution in [1.29, 1.82) is 5.26 Å². The average molecular weight is 451 g/mol. The molecule has 1 saturated heterocycles. The molecule has 1 aliphatic rings. The van der Waals surface area contributed by atoms with Gasteiger partial charge in [0.05, 0.1) is 13.2 Å². The molecule has 0 radical (unpaired) electrons. The Hall–Kier alpha value is -3.57. The van der Waals surface area contributed by atoms with Gasteiger partial charge in [-0.3, -0.25) is 14.5 Å². The Kier molecular flexibility index (Phi) is 8.28. The summed E-state index contributed by atoms with van der Waals surface area (Å²) in [7, 11) is 1.56. The van der Waals surface area contributed by atoms with E-state index in [1.807, 2.05) is 18.7 Å². The van der Waals surface area contributed by atoms with Crippen LogP contribution in [0.5, 0.6) is 11.5 Å². The van der Waals surface area contributed by atoms with E-state index in [4.69, 9.17) is 9.47 Å². The van der Waals surface area contributed by atoms with Gasteiger partial charge in [-0.1, -0.05) is 19.9 Å². The third-order valence-corrected chi connectivity index (χ3v) is 5.58. The zero-order chi connectivity index (χ0) is 23.8. The van der Waals surface area contributed by atoms with E-state index in [1.165, 1.54) is 0 Å². The van der Waals surface area contributed by atoms with E-state index >= 15 is 0 Å². The summed E-state index contributed by atoms with van der Waals surface area (Å²) in [6.07, 6.45) is 0. The molecular weight excluding hydrogens is 420 g/mol. The van der Waals surface area contributed by atoms with Gasteiger partial charge in [0.1, 0.15) is 17.5 Å². The maximum Gasteiger partial charge on any atom is 0.262 e. The Morgan fingerprint density at radius 3 is 2.36 bits per heavy atom. The van der Waals surface area contributed by atoms with Crippen LogP contribution >= 0.6 is 0 Å². The van der Waals surface area contributed by atoms with Crippen LogP contribution in [0.2, 0.25) is 0 Å². The summed E-state index contributed by atoms with van der Waals surface area (Å²) in [6, 6.07) is 16.1. The van der Waals surface area contributed by atoms with Gasteiger partial charge >= 0.3 is 0 Å². The highest BCUT2D eigenvalue weighted by Crippen LogP contribution is 2.18. The van der Waals surface area contributed by atoms with Gasteiger partial charge in [-0.2, -0.15) is 5.26 Å². The molecule has 2 amide bonds. The maximum atomic E-state index is 12.8. The van der Waals surface area contributed by atoms with Crippen LogP contribution in [0, 0.1) is 17.2 Å². The summed E-state index contributed by atoms with van der Waals surface area (Å²) in [5, 5.41) is 12.1. The van der Waals surface area contributed by atoms with Crippen LogP contribution in [0.1, 0.15) is 24.2 Å². The van der Waals surface area contributed by atoms with Gasteiger partial charge in [0.2, 0.25) is 0 Å². The van der Waals surface area contributed by atoms with Crippen molar-refractivity contribution in [3.63, 3.8) is 0 Å². The molecule has 8 nitrogen and oxygen atoms in total. The van der Waals surface area contributed by atoms with E-state index in [1.54, 1.807) is 55.6 Å². The highest BCUT2D eigenvalue weighted by molar-refractivity contribution is 5.94. The molecule has 0 bridgehead atoms. The van der Waals surface area contributed by atoms with Gasteiger partial charge in [-0.05, 0) is 42.3 Å². The summed E-state index contributed by atoms with van der Waals surface area (Å²) in [6.45, 7) is 6.48. The summed E-state index contributed by atoms with van der Waals surface area (Å²) in [5.74, 6) is 1.07. The monoisotopic (exact) mass is 450 g/mol. The highest BCUT2D eigenvalue weighted by atomic mass is 16.5. The highest BCUT2D eigenvalue weighted by Gasteiger charge is 2.28. The first kappa shape index (κ1) is 24.1. The van der Waals surface area contributed by atoms with Crippen LogP contribution in [0.4, 0.5) is 5.69 Å². The van der Waals surface area contributed by atoms with Crippen LogP contribution in [0.3, 0.4) is 0 Å². The second-order valence-corrected chi connectivity index (χ2v) is 8.24. The lowest BCUT2D eigenvalue weighted by Crippen LogP contribution is -2.52. The Balaban J connectivity index is 1.48. The predicted octanol–water partition coefficient (Wildman–Crippen LogP) is 3.02. The Bertz CT molecular complexity index is 992. The standard InChI is InChI=1S/C25H30N4O4/c1-18(2)23(16-26)28-11-13-29(14-12-28)25(31)19-7-9-21(10-8-19)33-17-24(30)27-20-5-4-6-22(15-20)32-3/h4-10,15,18,23H,11-14,17H2,1-3H3,(H,27,30). The van der Waals surface area contributed by atoms with E-state index in [9.17, 15) is 14.9 Å². The number of nitriles is 1. The van der Waals surface area contributed by atoms with Crippen molar-refractivity contribution in [2.45, 2.75) is 19.9 Å². The lowest BCUT2D eigenvalue weighted by atomic mass is 10.0. The van der Waals surface area contributed by atoms with E-state index in [0.29, 0.717) is 48.9 Å². The molecule has 1 unspecified atom stereocenters. The SMILES string of the molecule is COc1cccc(NC(=O)COc2ccc(C(=O)N3CCN(C(C#N)C(C)C)CC3)cc2)c1. The molecule has 174 valence electrons. The molecule has 1 heterocycles. The Morgan fingerprint density at radius 1 is 1.06 bits per heavy atom. The minimum absolute atomic E-state index is 0.0463. The first-order valence-electron chi connectivity index (χ1n) is 11.0. The van der Waals surface area contributed by atoms with Crippen LogP contribution < -0.4 is 14.8 Å². The third kappa shape index (κ3) is 6.46. The summed E-state index contributed by atoms with van der Waals surface area (Å²) in [4.78, 5) is 28.9. The maximum absolute atomic E-state index is 12.8. The topological polar surface area (TPSA) is 94.9 Å². The molecule has 1 aliphatic heterocycles. The number of anilines is 1. The first-order chi connectivity index (χ1) is 15.9. The number of nitrogens with zero attached hydrogens (tertiary/aromatic N) is 3. The van der Waals surface area contributed by atoms with Crippen molar-refractivity contribution in [3.8, 4) is 17.6 Å². The average Bonchev–Trinajstić information content (AvgIpc) is 2.83. The molecular formula is C25H30N4O4. The molecule has 8 heteroatoms. The molecule has 0 saturated carbocycles. The quantitative estimate of drug-likeness (QED) is 0.664. The molecule has 1 fully saturated rings. The number of methoxy groups -OCH3 is 1. The van der Waals surface area contributed by atoms with Gasteiger partial charge in [-0.25, -0.2) is 0 Å². The predicted molar refractivity (Wildman–Crippen MR) is 125 cm³/mol. The number of hydrogen-bond acceptors (Lipinski definition) is 6. The van der Waals surface area contributed by atoms with Crippen LogP contribution in [-0.4, -0.2) is 67.6 Å². The number of carbonyl (C=O) groups excluding carboxylic acids is 2. The van der Waals surface area contributed by atoms with E-state index in [0.717, 1.165) is 0 Å². The fourth-order valence-electron chi connectivity index (χ4n) is 3.78. The molecule has 0 aliphatic carbocycles. The summed E-state index contributed by atoms with van der Waals surface area (Å²) < 4.78 is 10.7. The van der Waals surface area contributed by atoms with Crippen molar-refractivity contribution in [1.82, 2.24) is 9.80 Å². The van der Waals surface area contributed by atoms with Crippen LogP contribution in [0.25, 0.3) is 0 Å². The largest absolute Gasteiger partial charge is 0.497 e. The van der Waals surface area contributed by atoms with E-state index < -0.39 is 0 Å². The van der Waals surface area contributed by atoms with Gasteiger partial charge in [0.15, 0.2) is 6.61 Å². The van der Waals surface area contributed by atoms with Gasteiger partial charge in [0, 0.05) is 43.5 Å². The molecule has 1 atom stereocenters. The van der Waals surface area contributed by atoms with E-state index in [-0.39, 0.29) is 30.4 Å². The first-order valence-corrected chi connectivity index (χ1v) is 11.0. The number of piperazine rings is 1. The molecule has 2 aromatic rings. The molecule has 33 heavy (non-hydrogen) atoms. The van der Waals surface area contributed by atoms with Gasteiger partial charge in [-0.15, -0.1) is 0 Å². The summed E-state index contributed by atoms with van der Waals surface area (Å²) >= 11 is 0. The zero-order valence-corrected chi connectivity index (χ0v) is 19.3. The van der Waals surface area contributed by atoms with E-state index in [2.05, 4.69) is 16.3 Å². The van der Waals surface area contributed by atoms with Gasteiger partial charge < -0.3 is 19.7 Å². The van der Waals surface area contributed by atoms with Crippen molar-refractivity contribution in [2.24, 2.45) is 5.92 Å². The van der Waals surface area contributed by atoms with Crippen molar-refractivity contribution < 1.29 is 19.1 Å². The number of amides is 2. The van der Waals surface area contributed by atoms with Crippen molar-refractivity contribution >= 4 is 17.5 Å². The number of rotatable bonds is 8. The lowest BCUT2D eigenvalue weighted by molar-refractivity contribution is -0.118. The number of benzene rings is 2. The third-order valence-electron chi connectivity index (χ3n) is 5.58. The second kappa shape index (κ2) is 11.3. The number of nitrogens with one attached hydrogen (secondary N) is 1. The molecule has 3 rings (SSSR count). The molecule has 1 N–H and O–H groups in total. The van der Waals surface area contributed by atoms with Gasteiger partial charge in [0.25, 0.3) is 11.8 Å². The van der Waals surface area contributed by atoms with Crippen molar-refractivity contribution in [3.05, 3.63) is 54.1 Å². The zero-order valence-electron chi connectivity index (χ0n) is 19.3. The number of carbonyl (C=O) groups is 2. The second-order valence-electron chi connectivity index (χ2n) is 8.24. The molecule has 0 spiro atoms. The fraction of sp³-hybridized carbons (Fsp3) is 0.400. The smallest absolute Gasteiger partial charge is 0.262 e. The normalized spacial score (nSPS) is 14.9. The Morgan fingerprint density at radius 2 is 1.76 bits per heavy atom. The lowest BCUT2D eigenvalue weighted by Gasteiger charge is -2.38. The van der Waals surface area contributed by atoms with Crippen LogP contribution in [0.15, 0.2) is 48.5 Å². The minimum atomic E-state index is -0.293. The summed E-state index contributed by atoms with van der Waals surface area (Å²) in [5.41, 5.74) is 1.19. The number of ether oxygens (including phenoxy) is 2. The fourth-order valence-corrected chi connectivity index (χ4v) is 3.78. The Labute approximate surface area is 194 Å². The molecule has 2 aromatic carbocycles. The minimum Gasteiger partial charge on any atom is -0.497 e. The van der Waals surface area contributed by atoms with Crippen LogP contribution in [-0.2, 0) is 4.79 Å². The molecule has 0 aromatic heterocycles. The number of hydrogen-bond donors (Lipinski definition) is 1.